The molecule has 0 aromatic carbocycles. The van der Waals surface area contributed by atoms with E-state index in [1.807, 2.05) is 0 Å². The smallest absolute Gasteiger partial charge is 0.306 e. The number of rotatable bonds is 5. The molecule has 5 heteroatoms. The molecule has 1 rings (SSSR count). The number of nitrogens with zero attached hydrogens (tertiary/aromatic N) is 1. The van der Waals surface area contributed by atoms with E-state index < -0.39 is 0 Å². The van der Waals surface area contributed by atoms with Gasteiger partial charge in [-0.1, -0.05) is 0 Å². The van der Waals surface area contributed by atoms with Gasteiger partial charge in [0, 0.05) is 25.4 Å². The van der Waals surface area contributed by atoms with E-state index in [0.717, 1.165) is 6.42 Å². The second-order valence-electron chi connectivity index (χ2n) is 4.43. The van der Waals surface area contributed by atoms with Gasteiger partial charge in [-0.05, 0) is 20.3 Å². The van der Waals surface area contributed by atoms with Gasteiger partial charge in [-0.25, -0.2) is 0 Å². The molecular weight excluding hydrogens is 222 g/mol. The first kappa shape index (κ1) is 14.0. The summed E-state index contributed by atoms with van der Waals surface area (Å²) in [6, 6.07) is 0. The highest BCUT2D eigenvalue weighted by molar-refractivity contribution is 5.81. The summed E-state index contributed by atoms with van der Waals surface area (Å²) in [5, 5.41) is 9.43. The van der Waals surface area contributed by atoms with Crippen molar-refractivity contribution >= 4 is 11.9 Å². The summed E-state index contributed by atoms with van der Waals surface area (Å²) in [6.07, 6.45) is 0.800. The van der Waals surface area contributed by atoms with E-state index in [-0.39, 0.29) is 36.7 Å². The van der Waals surface area contributed by atoms with Crippen LogP contribution in [0.15, 0.2) is 0 Å². The van der Waals surface area contributed by atoms with Crippen LogP contribution >= 0.6 is 0 Å². The van der Waals surface area contributed by atoms with Gasteiger partial charge in [0.25, 0.3) is 0 Å². The highest BCUT2D eigenvalue weighted by atomic mass is 16.5. The molecule has 0 radical (unpaired) electrons. The Hall–Kier alpha value is -1.10. The third kappa shape index (κ3) is 4.34. The Balaban J connectivity index is 2.27. The van der Waals surface area contributed by atoms with E-state index in [9.17, 15) is 14.7 Å². The van der Waals surface area contributed by atoms with Crippen LogP contribution in [-0.4, -0.2) is 47.7 Å². The fraction of sp³-hybridized carbons (Fsp3) is 0.833. The minimum atomic E-state index is -0.377. The highest BCUT2D eigenvalue weighted by Gasteiger charge is 2.28. The Morgan fingerprint density at radius 3 is 2.71 bits per heavy atom. The van der Waals surface area contributed by atoms with Crippen molar-refractivity contribution in [2.75, 3.05) is 19.7 Å². The first-order chi connectivity index (χ1) is 8.04. The van der Waals surface area contributed by atoms with Crippen molar-refractivity contribution in [1.82, 2.24) is 4.90 Å². The van der Waals surface area contributed by atoms with Crippen LogP contribution < -0.4 is 0 Å². The molecule has 0 bridgehead atoms. The van der Waals surface area contributed by atoms with Crippen LogP contribution in [-0.2, 0) is 14.3 Å². The Morgan fingerprint density at radius 2 is 2.18 bits per heavy atom. The average molecular weight is 243 g/mol. The number of ether oxygens (including phenoxy) is 1. The Kier molecular flexibility index (Phi) is 5.41. The van der Waals surface area contributed by atoms with E-state index in [1.165, 1.54) is 0 Å². The molecule has 1 amide bonds. The van der Waals surface area contributed by atoms with Crippen LogP contribution in [0, 0.1) is 5.92 Å². The molecule has 0 aromatic rings. The van der Waals surface area contributed by atoms with Crippen molar-refractivity contribution < 1.29 is 19.4 Å². The van der Waals surface area contributed by atoms with Gasteiger partial charge in [0.05, 0.1) is 19.1 Å². The molecule has 0 saturated carbocycles. The average Bonchev–Trinajstić information content (AvgIpc) is 2.75. The fourth-order valence-electron chi connectivity index (χ4n) is 2.01. The van der Waals surface area contributed by atoms with Gasteiger partial charge in [0.1, 0.15) is 0 Å². The number of amides is 1. The summed E-state index contributed by atoms with van der Waals surface area (Å²) in [5.74, 6) is -0.185. The van der Waals surface area contributed by atoms with Gasteiger partial charge in [0.2, 0.25) is 5.91 Å². The van der Waals surface area contributed by atoms with Crippen LogP contribution in [0.2, 0.25) is 0 Å². The number of aliphatic hydroxyl groups is 1. The Labute approximate surface area is 102 Å². The summed E-state index contributed by atoms with van der Waals surface area (Å²) in [6.45, 7) is 5.11. The van der Waals surface area contributed by atoms with Crippen molar-refractivity contribution in [3.63, 3.8) is 0 Å². The zero-order chi connectivity index (χ0) is 12.8. The van der Waals surface area contributed by atoms with E-state index in [1.54, 1.807) is 18.7 Å². The number of esters is 1. The van der Waals surface area contributed by atoms with Crippen molar-refractivity contribution in [3.05, 3.63) is 0 Å². The number of carbonyl (C=O) groups is 2. The summed E-state index contributed by atoms with van der Waals surface area (Å²) in [5.41, 5.74) is 0. The predicted molar refractivity (Wildman–Crippen MR) is 62.2 cm³/mol. The molecule has 1 aliphatic rings. The van der Waals surface area contributed by atoms with Gasteiger partial charge in [-0.3, -0.25) is 9.59 Å². The fourth-order valence-corrected chi connectivity index (χ4v) is 2.01. The van der Waals surface area contributed by atoms with E-state index >= 15 is 0 Å². The standard InChI is InChI=1S/C12H21NO4/c1-3-17-12(16)5-4-11(15)13-7-6-10(8-13)9(2)14/h9-10,14H,3-8H2,1-2H3. The van der Waals surface area contributed by atoms with Crippen LogP contribution in [0.1, 0.15) is 33.1 Å². The number of aliphatic hydroxyl groups excluding tert-OH is 1. The third-order valence-corrected chi connectivity index (χ3v) is 3.11. The summed E-state index contributed by atoms with van der Waals surface area (Å²) < 4.78 is 4.76. The quantitative estimate of drug-likeness (QED) is 0.716. The molecule has 1 fully saturated rings. The molecule has 17 heavy (non-hydrogen) atoms. The zero-order valence-electron chi connectivity index (χ0n) is 10.5. The first-order valence-corrected chi connectivity index (χ1v) is 6.16. The van der Waals surface area contributed by atoms with Gasteiger partial charge in [-0.15, -0.1) is 0 Å². The van der Waals surface area contributed by atoms with E-state index in [0.29, 0.717) is 19.7 Å². The number of carbonyl (C=O) groups excluding carboxylic acids is 2. The second kappa shape index (κ2) is 6.59. The SMILES string of the molecule is CCOC(=O)CCC(=O)N1CCC(C(C)O)C1. The minimum Gasteiger partial charge on any atom is -0.466 e. The van der Waals surface area contributed by atoms with Crippen molar-refractivity contribution in [3.8, 4) is 0 Å². The maximum Gasteiger partial charge on any atom is 0.306 e. The van der Waals surface area contributed by atoms with E-state index in [4.69, 9.17) is 4.74 Å². The molecule has 0 aromatic heterocycles. The summed E-state index contributed by atoms with van der Waals surface area (Å²) >= 11 is 0. The molecule has 0 spiro atoms. The molecule has 1 saturated heterocycles. The minimum absolute atomic E-state index is 0.0267. The molecule has 1 aliphatic heterocycles. The highest BCUT2D eigenvalue weighted by Crippen LogP contribution is 2.20. The topological polar surface area (TPSA) is 66.8 Å². The lowest BCUT2D eigenvalue weighted by Gasteiger charge is -2.17. The number of likely N-dealkylation sites (tertiary alicyclic amines) is 1. The summed E-state index contributed by atoms with van der Waals surface area (Å²) in [4.78, 5) is 24.6. The largest absolute Gasteiger partial charge is 0.466 e. The molecule has 1 heterocycles. The van der Waals surface area contributed by atoms with Crippen molar-refractivity contribution in [2.45, 2.75) is 39.2 Å². The van der Waals surface area contributed by atoms with Gasteiger partial charge < -0.3 is 14.7 Å². The first-order valence-electron chi connectivity index (χ1n) is 6.16. The molecule has 1 N–H and O–H groups in total. The maximum atomic E-state index is 11.8. The third-order valence-electron chi connectivity index (χ3n) is 3.11. The molecule has 2 atom stereocenters. The number of hydrogen-bond donors (Lipinski definition) is 1. The van der Waals surface area contributed by atoms with Crippen molar-refractivity contribution in [2.24, 2.45) is 5.92 Å². The Bertz CT molecular complexity index is 278. The monoisotopic (exact) mass is 243 g/mol. The number of hydrogen-bond acceptors (Lipinski definition) is 4. The Morgan fingerprint density at radius 1 is 1.47 bits per heavy atom. The van der Waals surface area contributed by atoms with Gasteiger partial charge >= 0.3 is 5.97 Å². The van der Waals surface area contributed by atoms with Crippen LogP contribution in [0.3, 0.4) is 0 Å². The molecular formula is C12H21NO4. The lowest BCUT2D eigenvalue weighted by Crippen LogP contribution is -2.30. The van der Waals surface area contributed by atoms with Gasteiger partial charge in [-0.2, -0.15) is 0 Å². The molecule has 5 nitrogen and oxygen atoms in total. The van der Waals surface area contributed by atoms with Crippen LogP contribution in [0.5, 0.6) is 0 Å². The summed E-state index contributed by atoms with van der Waals surface area (Å²) in [7, 11) is 0. The maximum absolute atomic E-state index is 11.8. The van der Waals surface area contributed by atoms with Crippen LogP contribution in [0.4, 0.5) is 0 Å². The van der Waals surface area contributed by atoms with E-state index in [2.05, 4.69) is 0 Å². The predicted octanol–water partition coefficient (Wildman–Crippen LogP) is 0.559. The lowest BCUT2D eigenvalue weighted by atomic mass is 10.0. The molecule has 98 valence electrons. The van der Waals surface area contributed by atoms with Crippen LogP contribution in [0.25, 0.3) is 0 Å². The lowest BCUT2D eigenvalue weighted by molar-refractivity contribution is -0.145. The molecule has 0 aliphatic carbocycles. The van der Waals surface area contributed by atoms with Gasteiger partial charge in [0.15, 0.2) is 0 Å². The van der Waals surface area contributed by atoms with Crippen molar-refractivity contribution in [1.29, 1.82) is 0 Å². The molecule has 2 unspecified atom stereocenters. The second-order valence-corrected chi connectivity index (χ2v) is 4.43. The zero-order valence-corrected chi connectivity index (χ0v) is 10.5. The normalized spacial score (nSPS) is 21.4.